The first-order valence-corrected chi connectivity index (χ1v) is 10.5. The van der Waals surface area contributed by atoms with Crippen LogP contribution in [0, 0.1) is 0 Å². The molecular weight excluding hydrogens is 344 g/mol. The fourth-order valence-corrected chi connectivity index (χ4v) is 7.59. The van der Waals surface area contributed by atoms with E-state index in [-0.39, 0.29) is 10.9 Å². The maximum atomic E-state index is 13.0. The summed E-state index contributed by atoms with van der Waals surface area (Å²) in [5.41, 5.74) is 0. The number of rotatable bonds is 1. The molecule has 25 heavy (non-hydrogen) atoms. The van der Waals surface area contributed by atoms with Crippen molar-refractivity contribution in [2.75, 3.05) is 0 Å². The van der Waals surface area contributed by atoms with Crippen molar-refractivity contribution < 1.29 is 4.21 Å². The Morgan fingerprint density at radius 1 is 0.600 bits per heavy atom. The maximum absolute atomic E-state index is 13.0. The summed E-state index contributed by atoms with van der Waals surface area (Å²) in [4.78, 5) is 5.51. The fraction of sp³-hybridized carbons (Fsp3) is 0. The molecule has 0 saturated carbocycles. The lowest BCUT2D eigenvalue weighted by atomic mass is 10.1. The van der Waals surface area contributed by atoms with Gasteiger partial charge in [0.15, 0.2) is 14.7 Å². The molecule has 0 fully saturated rings. The second-order valence-electron chi connectivity index (χ2n) is 5.98. The highest BCUT2D eigenvalue weighted by atomic mass is 32.2. The molecule has 1 nitrogen and oxygen atoms in total. The maximum Gasteiger partial charge on any atom is 0.183 e. The standard InChI is InChI=1S/C22H15OS2/c23-25-21-11-5-3-9-19(21)24(20-10-4-6-12-22(20)25)18-14-13-16-7-1-2-8-17(16)15-18/h1-15H/q+1. The van der Waals surface area contributed by atoms with Crippen LogP contribution in [0.4, 0.5) is 0 Å². The van der Waals surface area contributed by atoms with Gasteiger partial charge in [0.1, 0.15) is 10.9 Å². The third-order valence-corrected chi connectivity index (χ3v) is 8.58. The minimum atomic E-state index is -1.10. The number of hydrogen-bond donors (Lipinski definition) is 0. The molecule has 5 rings (SSSR count). The third kappa shape index (κ3) is 2.35. The van der Waals surface area contributed by atoms with Gasteiger partial charge in [0, 0.05) is 6.07 Å². The Morgan fingerprint density at radius 2 is 1.16 bits per heavy atom. The first kappa shape index (κ1) is 14.9. The van der Waals surface area contributed by atoms with Gasteiger partial charge in [0.05, 0.1) is 20.6 Å². The minimum absolute atomic E-state index is 0.228. The molecule has 0 aromatic heterocycles. The third-order valence-electron chi connectivity index (χ3n) is 4.49. The molecular formula is C22H15OS2+. The first-order chi connectivity index (χ1) is 12.3. The van der Waals surface area contributed by atoms with E-state index in [1.54, 1.807) is 0 Å². The van der Waals surface area contributed by atoms with Crippen LogP contribution in [0.15, 0.2) is 115 Å². The highest BCUT2D eigenvalue weighted by Crippen LogP contribution is 2.43. The lowest BCUT2D eigenvalue weighted by Crippen LogP contribution is -2.16. The van der Waals surface area contributed by atoms with E-state index in [2.05, 4.69) is 54.6 Å². The molecule has 0 unspecified atom stereocenters. The van der Waals surface area contributed by atoms with Gasteiger partial charge in [0.2, 0.25) is 0 Å². The molecule has 3 heteroatoms. The molecule has 0 atom stereocenters. The van der Waals surface area contributed by atoms with Crippen molar-refractivity contribution >= 4 is 32.5 Å². The van der Waals surface area contributed by atoms with E-state index in [1.165, 1.54) is 25.5 Å². The number of benzene rings is 4. The topological polar surface area (TPSA) is 17.1 Å². The van der Waals surface area contributed by atoms with E-state index in [4.69, 9.17) is 0 Å². The zero-order chi connectivity index (χ0) is 16.8. The van der Waals surface area contributed by atoms with Crippen molar-refractivity contribution in [1.82, 2.24) is 0 Å². The number of fused-ring (bicyclic) bond motifs is 3. The van der Waals surface area contributed by atoms with Crippen molar-refractivity contribution in [2.45, 2.75) is 24.5 Å². The van der Waals surface area contributed by atoms with Crippen LogP contribution in [0.1, 0.15) is 0 Å². The average Bonchev–Trinajstić information content (AvgIpc) is 2.68. The summed E-state index contributed by atoms with van der Waals surface area (Å²) >= 11 is 0. The summed E-state index contributed by atoms with van der Waals surface area (Å²) < 4.78 is 13.0. The first-order valence-electron chi connectivity index (χ1n) is 8.16. The van der Waals surface area contributed by atoms with Gasteiger partial charge >= 0.3 is 0 Å². The minimum Gasteiger partial charge on any atom is -0.249 e. The van der Waals surface area contributed by atoms with Crippen molar-refractivity contribution in [1.29, 1.82) is 0 Å². The van der Waals surface area contributed by atoms with Crippen LogP contribution >= 0.6 is 0 Å². The summed E-state index contributed by atoms with van der Waals surface area (Å²) in [6.07, 6.45) is 0. The molecule has 0 aliphatic carbocycles. The predicted molar refractivity (Wildman–Crippen MR) is 104 cm³/mol. The monoisotopic (exact) mass is 359 g/mol. The molecule has 0 bridgehead atoms. The molecule has 0 amide bonds. The molecule has 0 spiro atoms. The Bertz CT molecular complexity index is 1080. The largest absolute Gasteiger partial charge is 0.249 e. The van der Waals surface area contributed by atoms with Gasteiger partial charge < -0.3 is 0 Å². The number of hydrogen-bond acceptors (Lipinski definition) is 1. The van der Waals surface area contributed by atoms with Crippen molar-refractivity contribution in [3.63, 3.8) is 0 Å². The van der Waals surface area contributed by atoms with Gasteiger partial charge in [-0.3, -0.25) is 0 Å². The van der Waals surface area contributed by atoms with Crippen LogP contribution in [0.3, 0.4) is 0 Å². The average molecular weight is 359 g/mol. The normalized spacial score (nSPS) is 18.6. The van der Waals surface area contributed by atoms with Gasteiger partial charge in [-0.1, -0.05) is 48.5 Å². The van der Waals surface area contributed by atoms with Crippen LogP contribution < -0.4 is 0 Å². The van der Waals surface area contributed by atoms with E-state index in [9.17, 15) is 4.21 Å². The summed E-state index contributed by atoms with van der Waals surface area (Å²) in [5, 5.41) is 2.49. The Balaban J connectivity index is 1.80. The zero-order valence-corrected chi connectivity index (χ0v) is 15.0. The molecule has 0 N–H and O–H groups in total. The zero-order valence-electron chi connectivity index (χ0n) is 13.4. The predicted octanol–water partition coefficient (Wildman–Crippen LogP) is 5.42. The summed E-state index contributed by atoms with van der Waals surface area (Å²) in [6, 6.07) is 31.4. The molecule has 1 aliphatic rings. The lowest BCUT2D eigenvalue weighted by molar-refractivity contribution is 0.679. The summed E-state index contributed by atoms with van der Waals surface area (Å²) in [6.45, 7) is 0. The van der Waals surface area contributed by atoms with E-state index >= 15 is 0 Å². The van der Waals surface area contributed by atoms with Crippen molar-refractivity contribution in [2.24, 2.45) is 0 Å². The van der Waals surface area contributed by atoms with Gasteiger partial charge in [-0.2, -0.15) is 0 Å². The van der Waals surface area contributed by atoms with E-state index < -0.39 is 10.8 Å². The summed E-state index contributed by atoms with van der Waals surface area (Å²) in [5.74, 6) is 0. The Hall–Kier alpha value is -2.36. The van der Waals surface area contributed by atoms with Crippen LogP contribution in [-0.2, 0) is 21.7 Å². The molecule has 0 saturated heterocycles. The van der Waals surface area contributed by atoms with Crippen LogP contribution in [0.2, 0.25) is 0 Å². The van der Waals surface area contributed by atoms with Crippen LogP contribution in [0.25, 0.3) is 10.8 Å². The van der Waals surface area contributed by atoms with Crippen molar-refractivity contribution in [3.05, 3.63) is 91.0 Å². The van der Waals surface area contributed by atoms with E-state index in [0.717, 1.165) is 9.79 Å². The molecule has 1 heterocycles. The van der Waals surface area contributed by atoms with Gasteiger partial charge in [-0.05, 0) is 47.2 Å². The molecule has 4 aromatic carbocycles. The Morgan fingerprint density at radius 3 is 1.84 bits per heavy atom. The summed E-state index contributed by atoms with van der Waals surface area (Å²) in [7, 11) is -1.33. The molecule has 4 aromatic rings. The van der Waals surface area contributed by atoms with Crippen LogP contribution in [0.5, 0.6) is 0 Å². The lowest BCUT2D eigenvalue weighted by Gasteiger charge is -2.19. The SMILES string of the molecule is O=S1c2ccccc2[S+](c2ccc3ccccc3c2)c2ccccc21. The fourth-order valence-electron chi connectivity index (χ4n) is 3.33. The van der Waals surface area contributed by atoms with Gasteiger partial charge in [-0.25, -0.2) is 4.21 Å². The smallest absolute Gasteiger partial charge is 0.183 e. The molecule has 120 valence electrons. The Kier molecular flexibility index (Phi) is 3.51. The Labute approximate surface area is 152 Å². The highest BCUT2D eigenvalue weighted by molar-refractivity contribution is 7.99. The molecule has 1 aliphatic heterocycles. The van der Waals surface area contributed by atoms with E-state index in [1.807, 2.05) is 36.4 Å². The highest BCUT2D eigenvalue weighted by Gasteiger charge is 2.40. The second-order valence-corrected chi connectivity index (χ2v) is 9.36. The van der Waals surface area contributed by atoms with Crippen molar-refractivity contribution in [3.8, 4) is 0 Å². The second kappa shape index (κ2) is 5.87. The van der Waals surface area contributed by atoms with Crippen LogP contribution in [-0.4, -0.2) is 4.21 Å². The van der Waals surface area contributed by atoms with Gasteiger partial charge in [-0.15, -0.1) is 0 Å². The van der Waals surface area contributed by atoms with E-state index in [0.29, 0.717) is 0 Å². The molecule has 0 radical (unpaired) electrons. The quantitative estimate of drug-likeness (QED) is 0.366. The van der Waals surface area contributed by atoms with Gasteiger partial charge in [0.25, 0.3) is 0 Å².